The number of fused-ring (bicyclic) bond motifs is 7. The number of anilines is 3. The molecule has 0 amide bonds. The number of benzene rings is 12. The molecule has 0 N–H and O–H groups in total. The third kappa shape index (κ3) is 6.25. The van der Waals surface area contributed by atoms with Crippen LogP contribution < -0.4 is 4.90 Å². The highest BCUT2D eigenvalue weighted by Gasteiger charge is 2.23. The number of rotatable bonds is 7. The molecule has 0 aliphatic heterocycles. The van der Waals surface area contributed by atoms with E-state index in [4.69, 9.17) is 0 Å². The monoisotopic (exact) mass is 799 g/mol. The highest BCUT2D eigenvalue weighted by molar-refractivity contribution is 6.15. The number of hydrogen-bond acceptors (Lipinski definition) is 1. The summed E-state index contributed by atoms with van der Waals surface area (Å²) in [4.78, 5) is 2.50. The van der Waals surface area contributed by atoms with Crippen molar-refractivity contribution in [2.24, 2.45) is 0 Å². The lowest BCUT2D eigenvalue weighted by atomic mass is 9.90. The molecule has 294 valence electrons. The van der Waals surface area contributed by atoms with Gasteiger partial charge in [0.05, 0.1) is 11.4 Å². The Kier molecular flexibility index (Phi) is 8.90. The van der Waals surface area contributed by atoms with Gasteiger partial charge in [0.1, 0.15) is 0 Å². The molecule has 0 aliphatic carbocycles. The molecule has 0 saturated heterocycles. The third-order valence-electron chi connectivity index (χ3n) is 12.8. The lowest BCUT2D eigenvalue weighted by Gasteiger charge is -2.31. The first-order valence-electron chi connectivity index (χ1n) is 21.8. The van der Waals surface area contributed by atoms with E-state index < -0.39 is 0 Å². The second-order valence-electron chi connectivity index (χ2n) is 16.4. The summed E-state index contributed by atoms with van der Waals surface area (Å²) in [7, 11) is 0. The SMILES string of the molecule is c1ccc(-c2cccc3cccc(-c4ccccc4N(c4cccc(-c5cccc6c5ccc5ccccc56)c4)c4ccccc4-c4cccc5c4ccc4ccccc45)c23)cc1. The summed E-state index contributed by atoms with van der Waals surface area (Å²) in [6, 6.07) is 91.2. The van der Waals surface area contributed by atoms with Crippen LogP contribution >= 0.6 is 0 Å². The largest absolute Gasteiger partial charge is 0.309 e. The summed E-state index contributed by atoms with van der Waals surface area (Å²) >= 11 is 0. The van der Waals surface area contributed by atoms with Gasteiger partial charge in [-0.1, -0.05) is 224 Å². The van der Waals surface area contributed by atoms with Crippen molar-refractivity contribution in [3.05, 3.63) is 249 Å². The molecule has 12 aromatic carbocycles. The van der Waals surface area contributed by atoms with Gasteiger partial charge in [-0.15, -0.1) is 0 Å². The van der Waals surface area contributed by atoms with Gasteiger partial charge in [-0.3, -0.25) is 0 Å². The van der Waals surface area contributed by atoms with Gasteiger partial charge >= 0.3 is 0 Å². The maximum absolute atomic E-state index is 2.50. The highest BCUT2D eigenvalue weighted by atomic mass is 15.1. The summed E-state index contributed by atoms with van der Waals surface area (Å²) in [5.41, 5.74) is 12.8. The Morgan fingerprint density at radius 2 is 0.667 bits per heavy atom. The van der Waals surface area contributed by atoms with Crippen molar-refractivity contribution in [3.63, 3.8) is 0 Å². The van der Waals surface area contributed by atoms with Gasteiger partial charge in [0.25, 0.3) is 0 Å². The van der Waals surface area contributed by atoms with E-state index in [1.165, 1.54) is 87.2 Å². The van der Waals surface area contributed by atoms with Crippen molar-refractivity contribution in [1.29, 1.82) is 0 Å². The third-order valence-corrected chi connectivity index (χ3v) is 12.8. The van der Waals surface area contributed by atoms with Crippen molar-refractivity contribution in [2.75, 3.05) is 4.90 Å². The Balaban J connectivity index is 1.13. The van der Waals surface area contributed by atoms with Gasteiger partial charge in [0, 0.05) is 16.8 Å². The van der Waals surface area contributed by atoms with E-state index in [0.717, 1.165) is 28.2 Å². The topological polar surface area (TPSA) is 3.24 Å². The van der Waals surface area contributed by atoms with Crippen LogP contribution in [0.5, 0.6) is 0 Å². The fraction of sp³-hybridized carbons (Fsp3) is 0. The molecule has 12 rings (SSSR count). The van der Waals surface area contributed by atoms with Gasteiger partial charge in [0.15, 0.2) is 0 Å². The molecule has 0 fully saturated rings. The quantitative estimate of drug-likeness (QED) is 0.145. The molecular formula is C62H41N. The molecule has 0 bridgehead atoms. The first-order chi connectivity index (χ1) is 31.3. The Hall–Kier alpha value is -8.26. The van der Waals surface area contributed by atoms with Crippen molar-refractivity contribution in [2.45, 2.75) is 0 Å². The van der Waals surface area contributed by atoms with Crippen LogP contribution in [0.4, 0.5) is 17.1 Å². The zero-order valence-corrected chi connectivity index (χ0v) is 34.6. The zero-order chi connectivity index (χ0) is 41.7. The summed E-state index contributed by atoms with van der Waals surface area (Å²) in [5, 5.41) is 12.5. The van der Waals surface area contributed by atoms with Gasteiger partial charge in [-0.25, -0.2) is 0 Å². The molecule has 0 aromatic heterocycles. The normalized spacial score (nSPS) is 11.5. The first-order valence-corrected chi connectivity index (χ1v) is 21.8. The molecule has 0 spiro atoms. The van der Waals surface area contributed by atoms with Crippen LogP contribution in [0.2, 0.25) is 0 Å². The van der Waals surface area contributed by atoms with Gasteiger partial charge in [0.2, 0.25) is 0 Å². The van der Waals surface area contributed by atoms with E-state index in [2.05, 4.69) is 254 Å². The fourth-order valence-corrected chi connectivity index (χ4v) is 10.0. The Bertz CT molecular complexity index is 3690. The molecule has 0 aliphatic rings. The minimum atomic E-state index is 1.08. The molecular weight excluding hydrogens is 759 g/mol. The second kappa shape index (κ2) is 15.3. The zero-order valence-electron chi connectivity index (χ0n) is 34.6. The Labute approximate surface area is 367 Å². The number of hydrogen-bond donors (Lipinski definition) is 0. The lowest BCUT2D eigenvalue weighted by molar-refractivity contribution is 1.29. The van der Waals surface area contributed by atoms with E-state index in [-0.39, 0.29) is 0 Å². The van der Waals surface area contributed by atoms with Crippen LogP contribution in [0.25, 0.3) is 98.4 Å². The van der Waals surface area contributed by atoms with Gasteiger partial charge in [-0.05, 0) is 112 Å². The maximum atomic E-state index is 2.50. The molecule has 12 aromatic rings. The Morgan fingerprint density at radius 1 is 0.222 bits per heavy atom. The van der Waals surface area contributed by atoms with E-state index in [1.54, 1.807) is 0 Å². The fourth-order valence-electron chi connectivity index (χ4n) is 10.0. The standard InChI is InChI=1S/C62H41N/c1-2-17-42(18-3-1)51-30-13-21-45-22-14-34-59(62(45)51)58-28-9-11-36-61(58)63(47-24-12-23-46(41-47)50-29-15-31-52-48-25-6-4-19-43(48)37-39-55(50)52)60-35-10-8-27-57(60)54-33-16-32-53-49-26-7-5-20-44(49)38-40-56(53)54/h1-41H. The molecule has 0 heterocycles. The molecule has 0 saturated carbocycles. The highest BCUT2D eigenvalue weighted by Crippen LogP contribution is 2.49. The van der Waals surface area contributed by atoms with Crippen LogP contribution in [0, 0.1) is 0 Å². The molecule has 0 unspecified atom stereocenters. The van der Waals surface area contributed by atoms with Crippen LogP contribution in [0.3, 0.4) is 0 Å². The van der Waals surface area contributed by atoms with Crippen LogP contribution in [-0.2, 0) is 0 Å². The average Bonchev–Trinajstić information content (AvgIpc) is 3.36. The van der Waals surface area contributed by atoms with Crippen LogP contribution in [0.1, 0.15) is 0 Å². The van der Waals surface area contributed by atoms with Crippen molar-refractivity contribution >= 4 is 70.9 Å². The molecule has 1 heteroatoms. The number of para-hydroxylation sites is 2. The molecule has 63 heavy (non-hydrogen) atoms. The minimum absolute atomic E-state index is 1.08. The predicted molar refractivity (Wildman–Crippen MR) is 270 cm³/mol. The minimum Gasteiger partial charge on any atom is -0.309 e. The summed E-state index contributed by atoms with van der Waals surface area (Å²) < 4.78 is 0. The molecule has 1 nitrogen and oxygen atoms in total. The summed E-state index contributed by atoms with van der Waals surface area (Å²) in [6.07, 6.45) is 0. The molecule has 0 radical (unpaired) electrons. The van der Waals surface area contributed by atoms with Crippen LogP contribution in [0.15, 0.2) is 249 Å². The van der Waals surface area contributed by atoms with Gasteiger partial charge in [-0.2, -0.15) is 0 Å². The lowest BCUT2D eigenvalue weighted by Crippen LogP contribution is -2.12. The predicted octanol–water partition coefficient (Wildman–Crippen LogP) is 17.6. The molecule has 0 atom stereocenters. The van der Waals surface area contributed by atoms with E-state index >= 15 is 0 Å². The van der Waals surface area contributed by atoms with Gasteiger partial charge < -0.3 is 4.90 Å². The van der Waals surface area contributed by atoms with E-state index in [1.807, 2.05) is 0 Å². The van der Waals surface area contributed by atoms with Crippen molar-refractivity contribution < 1.29 is 0 Å². The number of nitrogens with zero attached hydrogens (tertiary/aromatic N) is 1. The first kappa shape index (κ1) is 36.6. The van der Waals surface area contributed by atoms with Crippen molar-refractivity contribution in [3.8, 4) is 44.5 Å². The summed E-state index contributed by atoms with van der Waals surface area (Å²) in [5.74, 6) is 0. The van der Waals surface area contributed by atoms with E-state index in [9.17, 15) is 0 Å². The van der Waals surface area contributed by atoms with Crippen LogP contribution in [-0.4, -0.2) is 0 Å². The average molecular weight is 800 g/mol. The summed E-state index contributed by atoms with van der Waals surface area (Å²) in [6.45, 7) is 0. The second-order valence-corrected chi connectivity index (χ2v) is 16.4. The Morgan fingerprint density at radius 3 is 1.35 bits per heavy atom. The van der Waals surface area contributed by atoms with Crippen molar-refractivity contribution in [1.82, 2.24) is 0 Å². The smallest absolute Gasteiger partial charge is 0.0540 e. The maximum Gasteiger partial charge on any atom is 0.0540 e. The van der Waals surface area contributed by atoms with E-state index in [0.29, 0.717) is 0 Å².